The Balaban J connectivity index is 1.59. The highest BCUT2D eigenvalue weighted by atomic mass is 16.6. The highest BCUT2D eigenvalue weighted by Crippen LogP contribution is 2.31. The predicted octanol–water partition coefficient (Wildman–Crippen LogP) is 3.52. The second-order valence-corrected chi connectivity index (χ2v) is 6.67. The summed E-state index contributed by atoms with van der Waals surface area (Å²) in [5, 5.41) is 2.83. The molecule has 0 bridgehead atoms. The molecule has 3 rings (SSSR count). The molecule has 1 heterocycles. The topological polar surface area (TPSA) is 73.9 Å². The molecule has 2 aromatic carbocycles. The van der Waals surface area contributed by atoms with Gasteiger partial charge in [-0.2, -0.15) is 0 Å². The van der Waals surface area contributed by atoms with E-state index in [0.717, 1.165) is 5.56 Å². The van der Waals surface area contributed by atoms with Crippen LogP contribution in [0.3, 0.4) is 0 Å². The lowest BCUT2D eigenvalue weighted by Crippen LogP contribution is -2.41. The maximum Gasteiger partial charge on any atom is 0.351 e. The van der Waals surface area contributed by atoms with Crippen molar-refractivity contribution in [2.45, 2.75) is 38.9 Å². The number of anilines is 1. The van der Waals surface area contributed by atoms with Gasteiger partial charge < -0.3 is 19.5 Å². The van der Waals surface area contributed by atoms with Crippen LogP contribution in [0, 0.1) is 0 Å². The van der Waals surface area contributed by atoms with E-state index >= 15 is 0 Å². The predicted molar refractivity (Wildman–Crippen MR) is 101 cm³/mol. The standard InChI is InChI=1S/C21H23NO5/c1-13(2)15-8-4-5-9-16(15)22-20(23)14(3)26-21(24)19-12-25-17-10-6-7-11-18(17)27-19/h4-11,13-14,19H,12H2,1-3H3,(H,22,23)/t14-,19-/m1/s1. The van der Waals surface area contributed by atoms with Gasteiger partial charge in [0.1, 0.15) is 6.61 Å². The van der Waals surface area contributed by atoms with E-state index in [9.17, 15) is 9.59 Å². The van der Waals surface area contributed by atoms with Gasteiger partial charge in [-0.1, -0.05) is 44.2 Å². The summed E-state index contributed by atoms with van der Waals surface area (Å²) in [6.07, 6.45) is -1.86. The molecule has 2 atom stereocenters. The second-order valence-electron chi connectivity index (χ2n) is 6.67. The Morgan fingerprint density at radius 1 is 1.04 bits per heavy atom. The molecule has 27 heavy (non-hydrogen) atoms. The molecule has 2 aromatic rings. The largest absolute Gasteiger partial charge is 0.485 e. The zero-order chi connectivity index (χ0) is 19.4. The third kappa shape index (κ3) is 4.39. The zero-order valence-electron chi connectivity index (χ0n) is 15.6. The van der Waals surface area contributed by atoms with Crippen LogP contribution in [0.4, 0.5) is 5.69 Å². The zero-order valence-corrected chi connectivity index (χ0v) is 15.6. The van der Waals surface area contributed by atoms with Gasteiger partial charge >= 0.3 is 5.97 Å². The van der Waals surface area contributed by atoms with Gasteiger partial charge in [0.05, 0.1) is 0 Å². The van der Waals surface area contributed by atoms with E-state index < -0.39 is 24.1 Å². The molecule has 0 aliphatic carbocycles. The minimum atomic E-state index is -0.960. The maximum absolute atomic E-state index is 12.4. The van der Waals surface area contributed by atoms with Crippen molar-refractivity contribution in [3.05, 3.63) is 54.1 Å². The van der Waals surface area contributed by atoms with Gasteiger partial charge in [-0.3, -0.25) is 4.79 Å². The van der Waals surface area contributed by atoms with Crippen molar-refractivity contribution in [3.63, 3.8) is 0 Å². The molecule has 142 valence electrons. The summed E-state index contributed by atoms with van der Waals surface area (Å²) in [7, 11) is 0. The Morgan fingerprint density at radius 3 is 2.44 bits per heavy atom. The number of rotatable bonds is 5. The van der Waals surface area contributed by atoms with Crippen molar-refractivity contribution in [1.82, 2.24) is 0 Å². The molecule has 0 fully saturated rings. The van der Waals surface area contributed by atoms with Crippen LogP contribution in [0.2, 0.25) is 0 Å². The summed E-state index contributed by atoms with van der Waals surface area (Å²) in [5.74, 6) is 0.288. The summed E-state index contributed by atoms with van der Waals surface area (Å²) < 4.78 is 16.4. The molecule has 1 amide bonds. The molecule has 0 saturated carbocycles. The van der Waals surface area contributed by atoms with Gasteiger partial charge in [-0.05, 0) is 36.6 Å². The van der Waals surface area contributed by atoms with Gasteiger partial charge in [0.25, 0.3) is 5.91 Å². The van der Waals surface area contributed by atoms with E-state index in [0.29, 0.717) is 17.2 Å². The summed E-state index contributed by atoms with van der Waals surface area (Å²) in [5.41, 5.74) is 1.73. The van der Waals surface area contributed by atoms with Crippen molar-refractivity contribution < 1.29 is 23.8 Å². The first-order chi connectivity index (χ1) is 13.0. The number of hydrogen-bond acceptors (Lipinski definition) is 5. The van der Waals surface area contributed by atoms with Crippen LogP contribution in [0.25, 0.3) is 0 Å². The Kier molecular flexibility index (Phi) is 5.64. The Morgan fingerprint density at radius 2 is 1.70 bits per heavy atom. The fourth-order valence-electron chi connectivity index (χ4n) is 2.79. The Bertz CT molecular complexity index is 833. The van der Waals surface area contributed by atoms with Crippen LogP contribution in [0.15, 0.2) is 48.5 Å². The molecule has 6 nitrogen and oxygen atoms in total. The van der Waals surface area contributed by atoms with Gasteiger partial charge in [0.15, 0.2) is 17.6 Å². The van der Waals surface area contributed by atoms with E-state index in [4.69, 9.17) is 14.2 Å². The third-order valence-electron chi connectivity index (χ3n) is 4.27. The van der Waals surface area contributed by atoms with Gasteiger partial charge in [-0.25, -0.2) is 4.79 Å². The van der Waals surface area contributed by atoms with Crippen molar-refractivity contribution in [2.24, 2.45) is 0 Å². The summed E-state index contributed by atoms with van der Waals surface area (Å²) in [4.78, 5) is 24.8. The molecule has 0 radical (unpaired) electrons. The molecule has 6 heteroatoms. The average Bonchev–Trinajstić information content (AvgIpc) is 2.67. The van der Waals surface area contributed by atoms with Gasteiger partial charge in [0.2, 0.25) is 6.10 Å². The van der Waals surface area contributed by atoms with Crippen LogP contribution in [-0.2, 0) is 14.3 Å². The summed E-state index contributed by atoms with van der Waals surface area (Å²) in [6, 6.07) is 14.7. The molecule has 0 saturated heterocycles. The quantitative estimate of drug-likeness (QED) is 0.817. The second kappa shape index (κ2) is 8.12. The molecule has 1 N–H and O–H groups in total. The normalized spacial score (nSPS) is 16.5. The highest BCUT2D eigenvalue weighted by molar-refractivity contribution is 5.96. The number of benzene rings is 2. The number of carbonyl (C=O) groups is 2. The summed E-state index contributed by atoms with van der Waals surface area (Å²) in [6.45, 7) is 5.67. The number of nitrogens with one attached hydrogen (secondary N) is 1. The number of ether oxygens (including phenoxy) is 3. The van der Waals surface area contributed by atoms with E-state index in [-0.39, 0.29) is 12.5 Å². The molecular formula is C21H23NO5. The monoisotopic (exact) mass is 369 g/mol. The highest BCUT2D eigenvalue weighted by Gasteiger charge is 2.31. The molecule has 0 spiro atoms. The lowest BCUT2D eigenvalue weighted by atomic mass is 10.0. The molecule has 0 aromatic heterocycles. The van der Waals surface area contributed by atoms with E-state index in [1.807, 2.05) is 44.2 Å². The maximum atomic E-state index is 12.4. The SMILES string of the molecule is CC(C)c1ccccc1NC(=O)[C@@H](C)OC(=O)[C@H]1COc2ccccc2O1. The number of hydrogen-bond donors (Lipinski definition) is 1. The summed E-state index contributed by atoms with van der Waals surface area (Å²) >= 11 is 0. The Hall–Kier alpha value is -3.02. The van der Waals surface area contributed by atoms with Gasteiger partial charge in [0, 0.05) is 5.69 Å². The van der Waals surface area contributed by atoms with Crippen LogP contribution in [0.5, 0.6) is 11.5 Å². The number of esters is 1. The van der Waals surface area contributed by atoms with Gasteiger partial charge in [-0.15, -0.1) is 0 Å². The van der Waals surface area contributed by atoms with E-state index in [1.54, 1.807) is 18.2 Å². The van der Waals surface area contributed by atoms with Crippen LogP contribution in [0.1, 0.15) is 32.3 Å². The van der Waals surface area contributed by atoms with Crippen molar-refractivity contribution in [2.75, 3.05) is 11.9 Å². The van der Waals surface area contributed by atoms with Crippen molar-refractivity contribution in [3.8, 4) is 11.5 Å². The fourth-order valence-corrected chi connectivity index (χ4v) is 2.79. The van der Waals surface area contributed by atoms with Crippen LogP contribution < -0.4 is 14.8 Å². The first kappa shape index (κ1) is 18.8. The van der Waals surface area contributed by atoms with Crippen LogP contribution >= 0.6 is 0 Å². The third-order valence-corrected chi connectivity index (χ3v) is 4.27. The fraction of sp³-hybridized carbons (Fsp3) is 0.333. The Labute approximate surface area is 158 Å². The van der Waals surface area contributed by atoms with E-state index in [1.165, 1.54) is 6.92 Å². The van der Waals surface area contributed by atoms with E-state index in [2.05, 4.69) is 5.32 Å². The molecule has 1 aliphatic heterocycles. The van der Waals surface area contributed by atoms with Crippen molar-refractivity contribution >= 4 is 17.6 Å². The van der Waals surface area contributed by atoms with Crippen molar-refractivity contribution in [1.29, 1.82) is 0 Å². The first-order valence-corrected chi connectivity index (χ1v) is 8.94. The smallest absolute Gasteiger partial charge is 0.351 e. The number of para-hydroxylation sites is 3. The average molecular weight is 369 g/mol. The molecule has 0 unspecified atom stereocenters. The first-order valence-electron chi connectivity index (χ1n) is 8.94. The lowest BCUT2D eigenvalue weighted by Gasteiger charge is -2.26. The molecular weight excluding hydrogens is 346 g/mol. The lowest BCUT2D eigenvalue weighted by molar-refractivity contribution is -0.162. The number of amides is 1. The number of fused-ring (bicyclic) bond motifs is 1. The minimum Gasteiger partial charge on any atom is -0.485 e. The molecule has 1 aliphatic rings. The van der Waals surface area contributed by atoms with Crippen LogP contribution in [-0.4, -0.2) is 30.7 Å². The number of carbonyl (C=O) groups excluding carboxylic acids is 2. The minimum absolute atomic E-state index is 0.0420.